The molecule has 0 bridgehead atoms. The van der Waals surface area contributed by atoms with Crippen LogP contribution in [-0.2, 0) is 0 Å². The van der Waals surface area contributed by atoms with Crippen LogP contribution in [0.3, 0.4) is 0 Å². The molecule has 2 heterocycles. The first-order valence-corrected chi connectivity index (χ1v) is 6.69. The largest absolute Gasteiger partial charge is 0.476 e. The van der Waals surface area contributed by atoms with Crippen LogP contribution in [0.15, 0.2) is 29.1 Å². The van der Waals surface area contributed by atoms with Crippen molar-refractivity contribution in [3.63, 3.8) is 0 Å². The van der Waals surface area contributed by atoms with Crippen LogP contribution < -0.4 is 10.6 Å². The molecule has 0 radical (unpaired) electrons. The summed E-state index contributed by atoms with van der Waals surface area (Å²) in [6, 6.07) is 1.73. The van der Waals surface area contributed by atoms with Crippen molar-refractivity contribution in [2.24, 2.45) is 0 Å². The van der Waals surface area contributed by atoms with Crippen LogP contribution in [0.5, 0.6) is 0 Å². The SMILES string of the molecule is Cc1ccoc1C(=O)NCCCNc1cnc(C(=O)O)cn1. The second-order valence-corrected chi connectivity index (χ2v) is 4.56. The van der Waals surface area contributed by atoms with Gasteiger partial charge < -0.3 is 20.2 Å². The van der Waals surface area contributed by atoms with Crippen LogP contribution >= 0.6 is 0 Å². The number of carboxylic acid groups (broad SMARTS) is 1. The van der Waals surface area contributed by atoms with Gasteiger partial charge in [0.25, 0.3) is 5.91 Å². The Morgan fingerprint density at radius 3 is 2.68 bits per heavy atom. The molecule has 0 fully saturated rings. The standard InChI is InChI=1S/C14H16N4O4/c1-9-3-6-22-12(9)13(19)16-5-2-4-15-11-8-17-10(7-18-11)14(20)21/h3,6-8H,2,4-5H2,1H3,(H,15,18)(H,16,19)(H,20,21). The van der Waals surface area contributed by atoms with Crippen molar-refractivity contribution in [1.82, 2.24) is 15.3 Å². The number of carbonyl (C=O) groups excluding carboxylic acids is 1. The number of hydrogen-bond donors (Lipinski definition) is 3. The van der Waals surface area contributed by atoms with E-state index in [0.29, 0.717) is 31.1 Å². The molecule has 2 aromatic rings. The smallest absolute Gasteiger partial charge is 0.356 e. The number of furan rings is 1. The molecule has 0 atom stereocenters. The number of amides is 1. The molecular weight excluding hydrogens is 288 g/mol. The topological polar surface area (TPSA) is 117 Å². The molecule has 0 unspecified atom stereocenters. The monoisotopic (exact) mass is 304 g/mol. The van der Waals surface area contributed by atoms with E-state index in [1.807, 2.05) is 0 Å². The minimum atomic E-state index is -1.12. The lowest BCUT2D eigenvalue weighted by Gasteiger charge is -2.06. The van der Waals surface area contributed by atoms with Gasteiger partial charge in [0.1, 0.15) is 5.82 Å². The van der Waals surface area contributed by atoms with Crippen LogP contribution in [0.1, 0.15) is 33.0 Å². The molecule has 8 nitrogen and oxygen atoms in total. The Morgan fingerprint density at radius 2 is 2.09 bits per heavy atom. The van der Waals surface area contributed by atoms with Gasteiger partial charge in [-0.2, -0.15) is 0 Å². The van der Waals surface area contributed by atoms with Gasteiger partial charge in [-0.15, -0.1) is 0 Å². The first-order valence-electron chi connectivity index (χ1n) is 6.69. The number of nitrogens with zero attached hydrogens (tertiary/aromatic N) is 2. The molecule has 0 saturated carbocycles. The van der Waals surface area contributed by atoms with Crippen molar-refractivity contribution in [2.75, 3.05) is 18.4 Å². The quantitative estimate of drug-likeness (QED) is 0.660. The highest BCUT2D eigenvalue weighted by Crippen LogP contribution is 2.08. The Bertz CT molecular complexity index is 651. The third-order valence-electron chi connectivity index (χ3n) is 2.88. The maximum Gasteiger partial charge on any atom is 0.356 e. The van der Waals surface area contributed by atoms with Crippen molar-refractivity contribution >= 4 is 17.7 Å². The normalized spacial score (nSPS) is 10.2. The second-order valence-electron chi connectivity index (χ2n) is 4.56. The van der Waals surface area contributed by atoms with E-state index in [1.165, 1.54) is 18.7 Å². The van der Waals surface area contributed by atoms with Crippen LogP contribution in [-0.4, -0.2) is 40.0 Å². The first-order chi connectivity index (χ1) is 10.6. The van der Waals surface area contributed by atoms with Gasteiger partial charge in [0.15, 0.2) is 11.5 Å². The summed E-state index contributed by atoms with van der Waals surface area (Å²) in [4.78, 5) is 30.1. The van der Waals surface area contributed by atoms with Crippen LogP contribution in [0.4, 0.5) is 5.82 Å². The highest BCUT2D eigenvalue weighted by molar-refractivity contribution is 5.92. The number of aromatic nitrogens is 2. The molecular formula is C14H16N4O4. The van der Waals surface area contributed by atoms with Gasteiger partial charge in [0, 0.05) is 18.7 Å². The van der Waals surface area contributed by atoms with Gasteiger partial charge in [-0.3, -0.25) is 4.79 Å². The van der Waals surface area contributed by atoms with Crippen molar-refractivity contribution in [2.45, 2.75) is 13.3 Å². The molecule has 3 N–H and O–H groups in total. The minimum absolute atomic E-state index is 0.105. The summed E-state index contributed by atoms with van der Waals surface area (Å²) in [6.45, 7) is 2.85. The Morgan fingerprint density at radius 1 is 1.27 bits per heavy atom. The number of nitrogens with one attached hydrogen (secondary N) is 2. The van der Waals surface area contributed by atoms with E-state index in [4.69, 9.17) is 9.52 Å². The molecule has 0 spiro atoms. The molecule has 0 saturated heterocycles. The zero-order valence-electron chi connectivity index (χ0n) is 12.0. The number of aryl methyl sites for hydroxylation is 1. The summed E-state index contributed by atoms with van der Waals surface area (Å²) in [5.41, 5.74) is 0.691. The lowest BCUT2D eigenvalue weighted by atomic mass is 10.2. The van der Waals surface area contributed by atoms with E-state index < -0.39 is 5.97 Å². The lowest BCUT2D eigenvalue weighted by Crippen LogP contribution is -2.26. The summed E-state index contributed by atoms with van der Waals surface area (Å²) in [5.74, 6) is -0.552. The van der Waals surface area contributed by atoms with E-state index in [1.54, 1.807) is 13.0 Å². The molecule has 1 amide bonds. The predicted molar refractivity (Wildman–Crippen MR) is 77.9 cm³/mol. The number of aromatic carboxylic acids is 1. The van der Waals surface area contributed by atoms with E-state index in [9.17, 15) is 9.59 Å². The Balaban J connectivity index is 1.68. The highest BCUT2D eigenvalue weighted by atomic mass is 16.4. The maximum atomic E-state index is 11.8. The van der Waals surface area contributed by atoms with Gasteiger partial charge in [-0.1, -0.05) is 0 Å². The molecule has 8 heteroatoms. The molecule has 0 aliphatic heterocycles. The van der Waals surface area contributed by atoms with Gasteiger partial charge in [0.2, 0.25) is 0 Å². The second kappa shape index (κ2) is 7.21. The van der Waals surface area contributed by atoms with Gasteiger partial charge in [-0.25, -0.2) is 14.8 Å². The molecule has 0 aliphatic carbocycles. The predicted octanol–water partition coefficient (Wildman–Crippen LogP) is 1.31. The summed E-state index contributed by atoms with van der Waals surface area (Å²) in [7, 11) is 0. The number of carboxylic acids is 1. The number of hydrogen-bond acceptors (Lipinski definition) is 6. The molecule has 22 heavy (non-hydrogen) atoms. The fourth-order valence-corrected chi connectivity index (χ4v) is 1.72. The van der Waals surface area contributed by atoms with E-state index in [-0.39, 0.29) is 11.6 Å². The summed E-state index contributed by atoms with van der Waals surface area (Å²) in [6.07, 6.45) is 4.69. The highest BCUT2D eigenvalue weighted by Gasteiger charge is 2.11. The average molecular weight is 304 g/mol. The fraction of sp³-hybridized carbons (Fsp3) is 0.286. The summed E-state index contributed by atoms with van der Waals surface area (Å²) < 4.78 is 5.09. The van der Waals surface area contributed by atoms with Crippen LogP contribution in [0, 0.1) is 6.92 Å². The average Bonchev–Trinajstić information content (AvgIpc) is 2.93. The van der Waals surface area contributed by atoms with Crippen molar-refractivity contribution in [3.8, 4) is 0 Å². The van der Waals surface area contributed by atoms with Crippen molar-refractivity contribution in [3.05, 3.63) is 41.7 Å². The van der Waals surface area contributed by atoms with Crippen LogP contribution in [0.25, 0.3) is 0 Å². The fourth-order valence-electron chi connectivity index (χ4n) is 1.72. The Labute approximate surface area is 126 Å². The zero-order valence-corrected chi connectivity index (χ0v) is 12.0. The minimum Gasteiger partial charge on any atom is -0.476 e. The molecule has 2 rings (SSSR count). The van der Waals surface area contributed by atoms with E-state index in [0.717, 1.165) is 5.56 Å². The van der Waals surface area contributed by atoms with E-state index in [2.05, 4.69) is 20.6 Å². The lowest BCUT2D eigenvalue weighted by molar-refractivity contribution is 0.0689. The maximum absolute atomic E-state index is 11.8. The van der Waals surface area contributed by atoms with Gasteiger partial charge in [0.05, 0.1) is 18.7 Å². The van der Waals surface area contributed by atoms with Crippen LogP contribution in [0.2, 0.25) is 0 Å². The number of carbonyl (C=O) groups is 2. The summed E-state index contributed by atoms with van der Waals surface area (Å²) in [5, 5.41) is 14.4. The van der Waals surface area contributed by atoms with Gasteiger partial charge in [-0.05, 0) is 19.4 Å². The molecule has 116 valence electrons. The number of rotatable bonds is 7. The first kappa shape index (κ1) is 15.5. The zero-order chi connectivity index (χ0) is 15.9. The summed E-state index contributed by atoms with van der Waals surface area (Å²) >= 11 is 0. The van der Waals surface area contributed by atoms with Crippen molar-refractivity contribution < 1.29 is 19.1 Å². The van der Waals surface area contributed by atoms with Gasteiger partial charge >= 0.3 is 5.97 Å². The number of anilines is 1. The molecule has 0 aliphatic rings. The molecule has 2 aromatic heterocycles. The van der Waals surface area contributed by atoms with Crippen molar-refractivity contribution in [1.29, 1.82) is 0 Å². The Hall–Kier alpha value is -2.90. The Kier molecular flexibility index (Phi) is 5.07. The third-order valence-corrected chi connectivity index (χ3v) is 2.88. The third kappa shape index (κ3) is 4.05. The van der Waals surface area contributed by atoms with E-state index >= 15 is 0 Å². The molecule has 0 aromatic carbocycles.